The highest BCUT2D eigenvalue weighted by Gasteiger charge is 2.17. The summed E-state index contributed by atoms with van der Waals surface area (Å²) >= 11 is 0. The molecule has 2 rings (SSSR count). The van der Waals surface area contributed by atoms with Crippen molar-refractivity contribution in [3.63, 3.8) is 0 Å². The van der Waals surface area contributed by atoms with Crippen LogP contribution in [-0.2, 0) is 6.54 Å². The molecule has 0 aliphatic heterocycles. The van der Waals surface area contributed by atoms with Crippen LogP contribution in [0.2, 0.25) is 0 Å². The van der Waals surface area contributed by atoms with Crippen LogP contribution in [0.3, 0.4) is 0 Å². The van der Waals surface area contributed by atoms with Crippen molar-refractivity contribution < 1.29 is 14.6 Å². The highest BCUT2D eigenvalue weighted by molar-refractivity contribution is 5.33. The summed E-state index contributed by atoms with van der Waals surface area (Å²) in [6, 6.07) is 16.2. The number of ether oxygens (including phenoxy) is 2. The summed E-state index contributed by atoms with van der Waals surface area (Å²) in [6.45, 7) is 7.81. The minimum atomic E-state index is -0.559. The highest BCUT2D eigenvalue weighted by atomic mass is 16.5. The summed E-state index contributed by atoms with van der Waals surface area (Å²) < 4.78 is 11.2. The van der Waals surface area contributed by atoms with E-state index in [-0.39, 0.29) is 6.61 Å². The molecule has 1 N–H and O–H groups in total. The second-order valence-electron chi connectivity index (χ2n) is 6.57. The molecule has 0 aliphatic carbocycles. The lowest BCUT2D eigenvalue weighted by atomic mass is 10.1. The topological polar surface area (TPSA) is 41.9 Å². The van der Waals surface area contributed by atoms with Gasteiger partial charge in [0.15, 0.2) is 0 Å². The van der Waals surface area contributed by atoms with E-state index < -0.39 is 6.10 Å². The number of aliphatic hydroxyl groups is 1. The maximum Gasteiger partial charge on any atom is 0.123 e. The summed E-state index contributed by atoms with van der Waals surface area (Å²) in [5.41, 5.74) is 2.19. The molecule has 0 saturated heterocycles. The summed E-state index contributed by atoms with van der Waals surface area (Å²) in [5, 5.41) is 10.4. The van der Waals surface area contributed by atoms with Crippen LogP contribution in [0.25, 0.3) is 0 Å². The molecular formula is C21H29NO3. The van der Waals surface area contributed by atoms with Gasteiger partial charge < -0.3 is 14.6 Å². The molecule has 136 valence electrons. The number of para-hydroxylation sites is 2. The molecular weight excluding hydrogens is 314 g/mol. The van der Waals surface area contributed by atoms with Crippen LogP contribution in [0.15, 0.2) is 48.5 Å². The Kier molecular flexibility index (Phi) is 7.29. The fourth-order valence-corrected chi connectivity index (χ4v) is 2.74. The van der Waals surface area contributed by atoms with Gasteiger partial charge in [-0.3, -0.25) is 4.90 Å². The van der Waals surface area contributed by atoms with E-state index in [1.54, 1.807) is 7.11 Å². The third kappa shape index (κ3) is 5.76. The maximum atomic E-state index is 10.4. The SMILES string of the molecule is COc1ccccc1CN(C[C@@H](O)COc1ccccc1C)C(C)C. The second kappa shape index (κ2) is 9.44. The monoisotopic (exact) mass is 343 g/mol. The standard InChI is InChI=1S/C21H29NO3/c1-16(2)22(13-18-10-6-8-12-21(18)24-4)14-19(23)15-25-20-11-7-5-9-17(20)3/h5-12,16,19,23H,13-15H2,1-4H3/t19-/m1/s1. The fraction of sp³-hybridized carbons (Fsp3) is 0.429. The second-order valence-corrected chi connectivity index (χ2v) is 6.57. The third-order valence-electron chi connectivity index (χ3n) is 4.27. The van der Waals surface area contributed by atoms with Crippen molar-refractivity contribution in [1.29, 1.82) is 0 Å². The van der Waals surface area contributed by atoms with Crippen molar-refractivity contribution in [2.75, 3.05) is 20.3 Å². The van der Waals surface area contributed by atoms with Crippen LogP contribution in [0, 0.1) is 6.92 Å². The lowest BCUT2D eigenvalue weighted by molar-refractivity contribution is 0.0538. The molecule has 2 aromatic rings. The molecule has 2 aromatic carbocycles. The Hall–Kier alpha value is -2.04. The molecule has 4 nitrogen and oxygen atoms in total. The first-order valence-electron chi connectivity index (χ1n) is 8.73. The largest absolute Gasteiger partial charge is 0.496 e. The average molecular weight is 343 g/mol. The minimum Gasteiger partial charge on any atom is -0.496 e. The maximum absolute atomic E-state index is 10.4. The number of benzene rings is 2. The predicted octanol–water partition coefficient (Wildman–Crippen LogP) is 3.65. The first kappa shape index (κ1) is 19.3. The zero-order valence-electron chi connectivity index (χ0n) is 15.6. The van der Waals surface area contributed by atoms with Crippen molar-refractivity contribution in [3.05, 3.63) is 59.7 Å². The Morgan fingerprint density at radius 1 is 1.00 bits per heavy atom. The Bertz CT molecular complexity index is 657. The Labute approximate surface area is 151 Å². The van der Waals surface area contributed by atoms with Crippen molar-refractivity contribution in [1.82, 2.24) is 4.90 Å². The molecule has 0 fully saturated rings. The van der Waals surface area contributed by atoms with Gasteiger partial charge in [-0.05, 0) is 38.5 Å². The van der Waals surface area contributed by atoms with Gasteiger partial charge in [-0.25, -0.2) is 0 Å². The van der Waals surface area contributed by atoms with Crippen LogP contribution in [0.1, 0.15) is 25.0 Å². The summed E-state index contributed by atoms with van der Waals surface area (Å²) in [7, 11) is 1.68. The Morgan fingerprint density at radius 3 is 2.28 bits per heavy atom. The molecule has 25 heavy (non-hydrogen) atoms. The first-order valence-corrected chi connectivity index (χ1v) is 8.73. The van der Waals surface area contributed by atoms with Gasteiger partial charge >= 0.3 is 0 Å². The van der Waals surface area contributed by atoms with Gasteiger partial charge in [0.25, 0.3) is 0 Å². The van der Waals surface area contributed by atoms with Crippen molar-refractivity contribution >= 4 is 0 Å². The van der Waals surface area contributed by atoms with Crippen LogP contribution in [-0.4, -0.2) is 42.4 Å². The normalized spacial score (nSPS) is 12.4. The highest BCUT2D eigenvalue weighted by Crippen LogP contribution is 2.21. The fourth-order valence-electron chi connectivity index (χ4n) is 2.74. The number of rotatable bonds is 9. The predicted molar refractivity (Wildman–Crippen MR) is 101 cm³/mol. The molecule has 0 aromatic heterocycles. The van der Waals surface area contributed by atoms with E-state index in [0.717, 1.165) is 29.2 Å². The van der Waals surface area contributed by atoms with Gasteiger partial charge in [0.1, 0.15) is 24.2 Å². The molecule has 0 heterocycles. The lowest BCUT2D eigenvalue weighted by Gasteiger charge is -2.29. The quantitative estimate of drug-likeness (QED) is 0.754. The van der Waals surface area contributed by atoms with E-state index in [9.17, 15) is 5.11 Å². The van der Waals surface area contributed by atoms with E-state index in [1.807, 2.05) is 49.4 Å². The third-order valence-corrected chi connectivity index (χ3v) is 4.27. The van der Waals surface area contributed by atoms with Gasteiger partial charge in [-0.15, -0.1) is 0 Å². The molecule has 0 spiro atoms. The van der Waals surface area contributed by atoms with E-state index in [4.69, 9.17) is 9.47 Å². The molecule has 0 aliphatic rings. The smallest absolute Gasteiger partial charge is 0.123 e. The molecule has 0 saturated carbocycles. The van der Waals surface area contributed by atoms with Gasteiger partial charge in [0.05, 0.1) is 7.11 Å². The Morgan fingerprint density at radius 2 is 1.64 bits per heavy atom. The number of nitrogens with zero attached hydrogens (tertiary/aromatic N) is 1. The molecule has 0 bridgehead atoms. The van der Waals surface area contributed by atoms with E-state index in [2.05, 4.69) is 24.8 Å². The van der Waals surface area contributed by atoms with Gasteiger partial charge in [0, 0.05) is 24.7 Å². The molecule has 0 amide bonds. The average Bonchev–Trinajstić information content (AvgIpc) is 2.60. The van der Waals surface area contributed by atoms with E-state index >= 15 is 0 Å². The zero-order valence-corrected chi connectivity index (χ0v) is 15.6. The molecule has 0 radical (unpaired) electrons. The zero-order chi connectivity index (χ0) is 18.2. The van der Waals surface area contributed by atoms with Gasteiger partial charge in [-0.1, -0.05) is 36.4 Å². The first-order chi connectivity index (χ1) is 12.0. The molecule has 4 heteroatoms. The van der Waals surface area contributed by atoms with Crippen molar-refractivity contribution in [3.8, 4) is 11.5 Å². The minimum absolute atomic E-state index is 0.278. The van der Waals surface area contributed by atoms with Crippen LogP contribution in [0.4, 0.5) is 0 Å². The van der Waals surface area contributed by atoms with Gasteiger partial charge in [0.2, 0.25) is 0 Å². The van der Waals surface area contributed by atoms with E-state index in [0.29, 0.717) is 12.6 Å². The van der Waals surface area contributed by atoms with Crippen LogP contribution < -0.4 is 9.47 Å². The van der Waals surface area contributed by atoms with Gasteiger partial charge in [-0.2, -0.15) is 0 Å². The van der Waals surface area contributed by atoms with E-state index in [1.165, 1.54) is 0 Å². The van der Waals surface area contributed by atoms with Crippen LogP contribution in [0.5, 0.6) is 11.5 Å². The number of methoxy groups -OCH3 is 1. The lowest BCUT2D eigenvalue weighted by Crippen LogP contribution is -2.39. The number of hydrogen-bond acceptors (Lipinski definition) is 4. The molecule has 1 atom stereocenters. The van der Waals surface area contributed by atoms with Crippen molar-refractivity contribution in [2.45, 2.75) is 39.5 Å². The van der Waals surface area contributed by atoms with Crippen molar-refractivity contribution in [2.24, 2.45) is 0 Å². The van der Waals surface area contributed by atoms with Crippen LogP contribution >= 0.6 is 0 Å². The summed E-state index contributed by atoms with van der Waals surface area (Å²) in [6.07, 6.45) is -0.559. The Balaban J connectivity index is 1.95. The summed E-state index contributed by atoms with van der Waals surface area (Å²) in [5.74, 6) is 1.70. The number of aryl methyl sites for hydroxylation is 1. The summed E-state index contributed by atoms with van der Waals surface area (Å²) in [4.78, 5) is 2.23. The number of hydrogen-bond donors (Lipinski definition) is 1. The molecule has 0 unspecified atom stereocenters. The number of aliphatic hydroxyl groups excluding tert-OH is 1.